The van der Waals surface area contributed by atoms with Crippen molar-refractivity contribution in [2.24, 2.45) is 0 Å². The lowest BCUT2D eigenvalue weighted by Gasteiger charge is -2.28. The minimum absolute atomic E-state index is 0.0256. The zero-order valence-electron chi connectivity index (χ0n) is 23.7. The fourth-order valence-corrected chi connectivity index (χ4v) is 4.04. The van der Waals surface area contributed by atoms with Crippen molar-refractivity contribution < 1.29 is 37.3 Å². The van der Waals surface area contributed by atoms with Gasteiger partial charge >= 0.3 is 5.97 Å². The Morgan fingerprint density at radius 3 is 2.17 bits per heavy atom. The van der Waals surface area contributed by atoms with Crippen LogP contribution in [0.4, 0.5) is 0 Å². The summed E-state index contributed by atoms with van der Waals surface area (Å²) in [5.41, 5.74) is 0. The molecule has 0 aliphatic rings. The first-order valence-electron chi connectivity index (χ1n) is 13.9. The summed E-state index contributed by atoms with van der Waals surface area (Å²) in [7, 11) is 1.34. The zero-order chi connectivity index (χ0) is 27.1. The number of carbonyl (C=O) groups excluding carboxylic acids is 1. The Morgan fingerprint density at radius 1 is 0.833 bits per heavy atom. The minimum Gasteiger partial charge on any atom is -0.756 e. The molecule has 0 fully saturated rings. The maximum Gasteiger partial charge on any atom is 0.306 e. The van der Waals surface area contributed by atoms with Gasteiger partial charge in [-0.2, -0.15) is 0 Å². The minimum atomic E-state index is -4.48. The second kappa shape index (κ2) is 22.2. The number of hydrogen-bond donors (Lipinski definition) is 0. The smallest absolute Gasteiger partial charge is 0.306 e. The highest BCUT2D eigenvalue weighted by Gasteiger charge is 2.20. The first-order chi connectivity index (χ1) is 17.1. The highest BCUT2D eigenvalue weighted by molar-refractivity contribution is 7.45. The van der Waals surface area contributed by atoms with E-state index in [2.05, 4.69) is 26.0 Å². The number of ether oxygens (including phenoxy) is 2. The summed E-state index contributed by atoms with van der Waals surface area (Å²) >= 11 is 0. The molecule has 0 aromatic rings. The SMILES string of the molecule is CCC/C=C\CCCCCCCCOCC(COP(=O)([O-])OCC[N+](C)(C)C)OC(=O)CCCCC. The average Bonchev–Trinajstić information content (AvgIpc) is 2.79. The Kier molecular flexibility index (Phi) is 21.8. The molecule has 0 aromatic heterocycles. The first kappa shape index (κ1) is 35.2. The van der Waals surface area contributed by atoms with Crippen LogP contribution in [0.3, 0.4) is 0 Å². The van der Waals surface area contributed by atoms with Crippen molar-refractivity contribution in [2.45, 2.75) is 103 Å². The highest BCUT2D eigenvalue weighted by Crippen LogP contribution is 2.38. The summed E-state index contributed by atoms with van der Waals surface area (Å²) in [6.45, 7) is 5.13. The van der Waals surface area contributed by atoms with Gasteiger partial charge < -0.3 is 27.9 Å². The van der Waals surface area contributed by atoms with Crippen LogP contribution in [-0.4, -0.2) is 70.7 Å². The zero-order valence-corrected chi connectivity index (χ0v) is 24.6. The molecule has 9 heteroatoms. The number of hydrogen-bond acceptors (Lipinski definition) is 7. The van der Waals surface area contributed by atoms with Crippen LogP contribution in [0.5, 0.6) is 0 Å². The fraction of sp³-hybridized carbons (Fsp3) is 0.889. The van der Waals surface area contributed by atoms with E-state index in [4.69, 9.17) is 18.5 Å². The number of allylic oxidation sites excluding steroid dienone is 2. The number of nitrogens with zero attached hydrogens (tertiary/aromatic N) is 1. The Bertz CT molecular complexity index is 607. The molecule has 0 spiro atoms. The summed E-state index contributed by atoms with van der Waals surface area (Å²) in [6.07, 6.45) is 17.2. The predicted octanol–water partition coefficient (Wildman–Crippen LogP) is 5.79. The second-order valence-corrected chi connectivity index (χ2v) is 11.8. The number of carbonyl (C=O) groups is 1. The van der Waals surface area contributed by atoms with Crippen LogP contribution in [0.1, 0.15) is 97.3 Å². The van der Waals surface area contributed by atoms with Gasteiger partial charge in [0.1, 0.15) is 19.3 Å². The van der Waals surface area contributed by atoms with Crippen molar-refractivity contribution in [3.63, 3.8) is 0 Å². The number of rotatable bonds is 25. The van der Waals surface area contributed by atoms with E-state index in [0.29, 0.717) is 24.1 Å². The van der Waals surface area contributed by atoms with E-state index in [0.717, 1.165) is 32.1 Å². The van der Waals surface area contributed by atoms with Gasteiger partial charge in [-0.3, -0.25) is 9.36 Å². The van der Waals surface area contributed by atoms with Gasteiger partial charge in [-0.15, -0.1) is 0 Å². The molecule has 0 aliphatic heterocycles. The molecule has 2 unspecified atom stereocenters. The third-order valence-electron chi connectivity index (χ3n) is 5.55. The van der Waals surface area contributed by atoms with Gasteiger partial charge in [0.25, 0.3) is 7.82 Å². The van der Waals surface area contributed by atoms with E-state index in [-0.39, 0.29) is 25.8 Å². The lowest BCUT2D eigenvalue weighted by Crippen LogP contribution is -2.37. The van der Waals surface area contributed by atoms with Gasteiger partial charge in [0.2, 0.25) is 0 Å². The van der Waals surface area contributed by atoms with Gasteiger partial charge in [-0.1, -0.05) is 70.9 Å². The average molecular weight is 536 g/mol. The quantitative estimate of drug-likeness (QED) is 0.0480. The van der Waals surface area contributed by atoms with Gasteiger partial charge in [-0.05, 0) is 32.1 Å². The number of phosphoric acid groups is 1. The summed E-state index contributed by atoms with van der Waals surface area (Å²) in [5, 5.41) is 0. The summed E-state index contributed by atoms with van der Waals surface area (Å²) in [4.78, 5) is 24.2. The van der Waals surface area contributed by atoms with Crippen LogP contribution >= 0.6 is 7.82 Å². The second-order valence-electron chi connectivity index (χ2n) is 10.4. The number of phosphoric ester groups is 1. The molecule has 2 atom stereocenters. The van der Waals surface area contributed by atoms with Crippen molar-refractivity contribution in [3.8, 4) is 0 Å². The Hall–Kier alpha value is -0.760. The molecule has 0 bridgehead atoms. The molecule has 0 rings (SSSR count). The summed E-state index contributed by atoms with van der Waals surface area (Å²) < 4.78 is 33.8. The molecule has 8 nitrogen and oxygen atoms in total. The molecule has 0 amide bonds. The van der Waals surface area contributed by atoms with Crippen LogP contribution in [-0.2, 0) is 27.9 Å². The lowest BCUT2D eigenvalue weighted by molar-refractivity contribution is -0.870. The third-order valence-corrected chi connectivity index (χ3v) is 6.51. The van der Waals surface area contributed by atoms with Crippen molar-refractivity contribution in [1.82, 2.24) is 0 Å². The molecule has 0 aromatic carbocycles. The van der Waals surface area contributed by atoms with Gasteiger partial charge in [0.05, 0.1) is 34.4 Å². The van der Waals surface area contributed by atoms with Crippen molar-refractivity contribution in [1.29, 1.82) is 0 Å². The molecular weight excluding hydrogens is 481 g/mol. The predicted molar refractivity (Wildman–Crippen MR) is 144 cm³/mol. The first-order valence-corrected chi connectivity index (χ1v) is 15.4. The summed E-state index contributed by atoms with van der Waals surface area (Å²) in [5.74, 6) is -0.364. The molecule has 0 radical (unpaired) electrons. The van der Waals surface area contributed by atoms with E-state index in [9.17, 15) is 14.3 Å². The number of unbranched alkanes of at least 4 members (excludes halogenated alkanes) is 9. The van der Waals surface area contributed by atoms with Crippen LogP contribution in [0.2, 0.25) is 0 Å². The maximum atomic E-state index is 12.2. The number of esters is 1. The van der Waals surface area contributed by atoms with E-state index in [1.165, 1.54) is 44.9 Å². The normalized spacial score (nSPS) is 14.7. The molecular formula is C27H54NO7P. The molecule has 0 aliphatic carbocycles. The Balaban J connectivity index is 4.26. The fourth-order valence-electron chi connectivity index (χ4n) is 3.31. The van der Waals surface area contributed by atoms with Gasteiger partial charge in [0, 0.05) is 13.0 Å². The largest absolute Gasteiger partial charge is 0.756 e. The van der Waals surface area contributed by atoms with Crippen molar-refractivity contribution in [2.75, 3.05) is 54.1 Å². The van der Waals surface area contributed by atoms with E-state index in [1.807, 2.05) is 21.1 Å². The number of likely N-dealkylation sites (N-methyl/N-ethyl adjacent to an activating group) is 1. The Morgan fingerprint density at radius 2 is 1.50 bits per heavy atom. The van der Waals surface area contributed by atoms with E-state index < -0.39 is 13.9 Å². The highest BCUT2D eigenvalue weighted by atomic mass is 31.2. The standard InChI is InChI=1S/C27H54NO7P/c1-6-8-10-11-12-13-14-15-16-17-19-22-32-24-26(35-27(29)20-18-9-7-2)25-34-36(30,31)33-23-21-28(3,4)5/h10-11,26H,6-9,12-25H2,1-5H3/b11-10-. The van der Waals surface area contributed by atoms with Gasteiger partial charge in [-0.25, -0.2) is 0 Å². The van der Waals surface area contributed by atoms with Crippen molar-refractivity contribution in [3.05, 3.63) is 12.2 Å². The number of quaternary nitrogens is 1. The van der Waals surface area contributed by atoms with Crippen molar-refractivity contribution >= 4 is 13.8 Å². The monoisotopic (exact) mass is 535 g/mol. The Labute approximate surface area is 220 Å². The molecule has 36 heavy (non-hydrogen) atoms. The van der Waals surface area contributed by atoms with Crippen LogP contribution in [0.15, 0.2) is 12.2 Å². The topological polar surface area (TPSA) is 94.1 Å². The van der Waals surface area contributed by atoms with Crippen LogP contribution < -0.4 is 4.89 Å². The van der Waals surface area contributed by atoms with Gasteiger partial charge in [0.15, 0.2) is 0 Å². The molecule has 0 N–H and O–H groups in total. The molecule has 0 heterocycles. The molecule has 0 saturated heterocycles. The maximum absolute atomic E-state index is 12.2. The van der Waals surface area contributed by atoms with E-state index >= 15 is 0 Å². The van der Waals surface area contributed by atoms with Crippen LogP contribution in [0.25, 0.3) is 0 Å². The third kappa shape index (κ3) is 24.9. The van der Waals surface area contributed by atoms with E-state index in [1.54, 1.807) is 0 Å². The van der Waals surface area contributed by atoms with Crippen LogP contribution in [0, 0.1) is 0 Å². The molecule has 214 valence electrons. The molecule has 0 saturated carbocycles. The summed E-state index contributed by atoms with van der Waals surface area (Å²) in [6, 6.07) is 0. The lowest BCUT2D eigenvalue weighted by atomic mass is 10.1.